The molecule has 0 spiro atoms. The molecule has 0 atom stereocenters. The van der Waals surface area contributed by atoms with Crippen molar-refractivity contribution in [2.45, 2.75) is 6.54 Å². The summed E-state index contributed by atoms with van der Waals surface area (Å²) in [5.41, 5.74) is 1.06. The van der Waals surface area contributed by atoms with Gasteiger partial charge in [0, 0.05) is 23.3 Å². The summed E-state index contributed by atoms with van der Waals surface area (Å²) in [6.07, 6.45) is 3.17. The maximum Gasteiger partial charge on any atom is 0.129 e. The van der Waals surface area contributed by atoms with Crippen molar-refractivity contribution in [2.75, 3.05) is 5.32 Å². The van der Waals surface area contributed by atoms with E-state index in [1.807, 2.05) is 0 Å². The molecular formula is C12H9Cl2FN2. The average molecular weight is 271 g/mol. The van der Waals surface area contributed by atoms with Crippen molar-refractivity contribution in [1.29, 1.82) is 0 Å². The second-order valence-corrected chi connectivity index (χ2v) is 4.22. The highest BCUT2D eigenvalue weighted by molar-refractivity contribution is 6.33. The number of anilines is 1. The van der Waals surface area contributed by atoms with Gasteiger partial charge in [-0.05, 0) is 18.2 Å². The predicted octanol–water partition coefficient (Wildman–Crippen LogP) is 4.14. The molecule has 2 rings (SSSR count). The lowest BCUT2D eigenvalue weighted by Gasteiger charge is -2.09. The van der Waals surface area contributed by atoms with Gasteiger partial charge in [-0.3, -0.25) is 4.98 Å². The number of hydrogen-bond donors (Lipinski definition) is 1. The Morgan fingerprint density at radius 3 is 2.71 bits per heavy atom. The van der Waals surface area contributed by atoms with E-state index in [9.17, 15) is 4.39 Å². The number of nitrogens with zero attached hydrogens (tertiary/aromatic N) is 1. The molecule has 0 fully saturated rings. The summed E-state index contributed by atoms with van der Waals surface area (Å²) >= 11 is 11.8. The lowest BCUT2D eigenvalue weighted by atomic mass is 10.2. The Balaban J connectivity index is 2.16. The first kappa shape index (κ1) is 12.1. The van der Waals surface area contributed by atoms with Gasteiger partial charge in [0.15, 0.2) is 0 Å². The number of rotatable bonds is 3. The first-order valence-corrected chi connectivity index (χ1v) is 5.70. The lowest BCUT2D eigenvalue weighted by Crippen LogP contribution is -2.03. The summed E-state index contributed by atoms with van der Waals surface area (Å²) < 4.78 is 13.5. The summed E-state index contributed by atoms with van der Waals surface area (Å²) in [4.78, 5) is 3.93. The SMILES string of the molecule is Fc1cccc(Cl)c1CNc1cnccc1Cl. The van der Waals surface area contributed by atoms with Crippen LogP contribution in [-0.4, -0.2) is 4.98 Å². The average Bonchev–Trinajstić information content (AvgIpc) is 2.30. The fraction of sp³-hybridized carbons (Fsp3) is 0.0833. The third kappa shape index (κ3) is 2.87. The molecule has 1 aromatic carbocycles. The van der Waals surface area contributed by atoms with Crippen LogP contribution >= 0.6 is 23.2 Å². The van der Waals surface area contributed by atoms with Crippen molar-refractivity contribution in [3.8, 4) is 0 Å². The van der Waals surface area contributed by atoms with Crippen molar-refractivity contribution in [3.05, 3.63) is 58.1 Å². The highest BCUT2D eigenvalue weighted by Gasteiger charge is 2.07. The van der Waals surface area contributed by atoms with Gasteiger partial charge in [0.05, 0.1) is 16.9 Å². The van der Waals surface area contributed by atoms with Crippen LogP contribution in [0.3, 0.4) is 0 Å². The van der Waals surface area contributed by atoms with Crippen LogP contribution in [0.25, 0.3) is 0 Å². The van der Waals surface area contributed by atoms with E-state index in [0.29, 0.717) is 21.3 Å². The first-order valence-electron chi connectivity index (χ1n) is 4.95. The molecule has 0 saturated heterocycles. The van der Waals surface area contributed by atoms with Crippen LogP contribution < -0.4 is 5.32 Å². The smallest absolute Gasteiger partial charge is 0.129 e. The maximum atomic E-state index is 13.5. The van der Waals surface area contributed by atoms with Crippen molar-refractivity contribution < 1.29 is 4.39 Å². The third-order valence-corrected chi connectivity index (χ3v) is 2.97. The monoisotopic (exact) mass is 270 g/mol. The number of nitrogens with one attached hydrogen (secondary N) is 1. The molecule has 5 heteroatoms. The van der Waals surface area contributed by atoms with E-state index in [1.165, 1.54) is 6.07 Å². The number of pyridine rings is 1. The van der Waals surface area contributed by atoms with Gasteiger partial charge >= 0.3 is 0 Å². The molecule has 0 radical (unpaired) electrons. The Kier molecular flexibility index (Phi) is 3.82. The minimum Gasteiger partial charge on any atom is -0.378 e. The van der Waals surface area contributed by atoms with Crippen molar-refractivity contribution in [2.24, 2.45) is 0 Å². The standard InChI is InChI=1S/C12H9Cl2FN2/c13-9-2-1-3-11(15)8(9)6-17-12-7-16-5-4-10(12)14/h1-5,7,17H,6H2. The first-order chi connectivity index (χ1) is 8.18. The summed E-state index contributed by atoms with van der Waals surface area (Å²) in [6, 6.07) is 6.24. The second kappa shape index (κ2) is 5.34. The van der Waals surface area contributed by atoms with Crippen LogP contribution in [0.5, 0.6) is 0 Å². The normalized spacial score (nSPS) is 10.3. The van der Waals surface area contributed by atoms with E-state index in [4.69, 9.17) is 23.2 Å². The van der Waals surface area contributed by atoms with E-state index in [0.717, 1.165) is 0 Å². The molecule has 0 aliphatic rings. The molecule has 0 amide bonds. The van der Waals surface area contributed by atoms with Crippen LogP contribution in [0, 0.1) is 5.82 Å². The molecule has 0 aliphatic carbocycles. The highest BCUT2D eigenvalue weighted by atomic mass is 35.5. The molecule has 0 unspecified atom stereocenters. The number of aromatic nitrogens is 1. The topological polar surface area (TPSA) is 24.9 Å². The molecule has 1 aromatic heterocycles. The van der Waals surface area contributed by atoms with E-state index < -0.39 is 0 Å². The number of benzene rings is 1. The van der Waals surface area contributed by atoms with Gasteiger partial charge in [0.2, 0.25) is 0 Å². The lowest BCUT2D eigenvalue weighted by molar-refractivity contribution is 0.613. The molecule has 0 aliphatic heterocycles. The van der Waals surface area contributed by atoms with E-state index in [1.54, 1.807) is 30.6 Å². The molecule has 17 heavy (non-hydrogen) atoms. The van der Waals surface area contributed by atoms with Gasteiger partial charge in [-0.1, -0.05) is 29.3 Å². The minimum atomic E-state index is -0.343. The predicted molar refractivity (Wildman–Crippen MR) is 68.0 cm³/mol. The Bertz CT molecular complexity index is 511. The second-order valence-electron chi connectivity index (χ2n) is 3.41. The Morgan fingerprint density at radius 1 is 1.18 bits per heavy atom. The molecule has 88 valence electrons. The summed E-state index contributed by atoms with van der Waals surface area (Å²) in [7, 11) is 0. The van der Waals surface area contributed by atoms with Gasteiger partial charge in [-0.15, -0.1) is 0 Å². The zero-order valence-electron chi connectivity index (χ0n) is 8.75. The van der Waals surface area contributed by atoms with Crippen LogP contribution in [0.4, 0.5) is 10.1 Å². The van der Waals surface area contributed by atoms with Gasteiger partial charge in [-0.25, -0.2) is 4.39 Å². The minimum absolute atomic E-state index is 0.261. The molecular weight excluding hydrogens is 262 g/mol. The summed E-state index contributed by atoms with van der Waals surface area (Å²) in [5.74, 6) is -0.343. The molecule has 1 heterocycles. The Labute approximate surface area is 108 Å². The molecule has 2 aromatic rings. The zero-order valence-corrected chi connectivity index (χ0v) is 10.3. The zero-order chi connectivity index (χ0) is 12.3. The van der Waals surface area contributed by atoms with Crippen LogP contribution in [-0.2, 0) is 6.54 Å². The van der Waals surface area contributed by atoms with Crippen LogP contribution in [0.2, 0.25) is 10.0 Å². The van der Waals surface area contributed by atoms with Gasteiger partial charge in [0.25, 0.3) is 0 Å². The van der Waals surface area contributed by atoms with Crippen molar-refractivity contribution >= 4 is 28.9 Å². The Hall–Kier alpha value is -1.32. The summed E-state index contributed by atoms with van der Waals surface area (Å²) in [5, 5.41) is 3.91. The highest BCUT2D eigenvalue weighted by Crippen LogP contribution is 2.23. The fourth-order valence-electron chi connectivity index (χ4n) is 1.39. The van der Waals surface area contributed by atoms with Crippen molar-refractivity contribution in [3.63, 3.8) is 0 Å². The van der Waals surface area contributed by atoms with Crippen molar-refractivity contribution in [1.82, 2.24) is 4.98 Å². The fourth-order valence-corrected chi connectivity index (χ4v) is 1.79. The van der Waals surface area contributed by atoms with Crippen LogP contribution in [0.15, 0.2) is 36.7 Å². The number of halogens is 3. The largest absolute Gasteiger partial charge is 0.378 e. The number of hydrogen-bond acceptors (Lipinski definition) is 2. The van der Waals surface area contributed by atoms with E-state index >= 15 is 0 Å². The summed E-state index contributed by atoms with van der Waals surface area (Å²) in [6.45, 7) is 0.261. The maximum absolute atomic E-state index is 13.5. The van der Waals surface area contributed by atoms with Gasteiger partial charge < -0.3 is 5.32 Å². The molecule has 1 N–H and O–H groups in total. The molecule has 0 bridgehead atoms. The van der Waals surface area contributed by atoms with Crippen LogP contribution in [0.1, 0.15) is 5.56 Å². The quantitative estimate of drug-likeness (QED) is 0.907. The van der Waals surface area contributed by atoms with E-state index in [2.05, 4.69) is 10.3 Å². The molecule has 0 saturated carbocycles. The molecule has 2 nitrogen and oxygen atoms in total. The van der Waals surface area contributed by atoms with Gasteiger partial charge in [-0.2, -0.15) is 0 Å². The Morgan fingerprint density at radius 2 is 2.00 bits per heavy atom. The van der Waals surface area contributed by atoms with E-state index in [-0.39, 0.29) is 12.4 Å². The third-order valence-electron chi connectivity index (χ3n) is 2.29. The van der Waals surface area contributed by atoms with Gasteiger partial charge in [0.1, 0.15) is 5.82 Å².